The van der Waals surface area contributed by atoms with Crippen LogP contribution in [-0.4, -0.2) is 24.6 Å². The third-order valence-corrected chi connectivity index (χ3v) is 4.34. The number of hydrogen-bond acceptors (Lipinski definition) is 6. The van der Waals surface area contributed by atoms with E-state index in [0.717, 1.165) is 13.0 Å². The van der Waals surface area contributed by atoms with Gasteiger partial charge < -0.3 is 10.1 Å². The molecule has 0 saturated carbocycles. The van der Waals surface area contributed by atoms with Crippen LogP contribution >= 0.6 is 34.3 Å². The van der Waals surface area contributed by atoms with Crippen molar-refractivity contribution < 1.29 is 9.53 Å². The number of thiazole rings is 1. The summed E-state index contributed by atoms with van der Waals surface area (Å²) in [4.78, 5) is 15.7. The number of hydrogen-bond donors (Lipinski definition) is 1. The van der Waals surface area contributed by atoms with Crippen molar-refractivity contribution in [2.75, 3.05) is 19.0 Å². The molecule has 7 heteroatoms. The maximum atomic E-state index is 11.3. The molecule has 1 N–H and O–H groups in total. The van der Waals surface area contributed by atoms with Gasteiger partial charge in [0.2, 0.25) is 0 Å². The predicted octanol–water partition coefficient (Wildman–Crippen LogP) is 3.30. The lowest BCUT2D eigenvalue weighted by atomic mass is 10.2. The van der Waals surface area contributed by atoms with E-state index < -0.39 is 5.97 Å². The van der Waals surface area contributed by atoms with Crippen molar-refractivity contribution in [3.63, 3.8) is 0 Å². The van der Waals surface area contributed by atoms with Crippen LogP contribution in [0.5, 0.6) is 0 Å². The molecule has 0 fully saturated rings. The molecule has 2 aromatic rings. The molecular formula is C11H11ClN2O2S2. The van der Waals surface area contributed by atoms with Crippen molar-refractivity contribution in [1.82, 2.24) is 4.98 Å². The van der Waals surface area contributed by atoms with Crippen molar-refractivity contribution in [1.29, 1.82) is 0 Å². The highest BCUT2D eigenvalue weighted by molar-refractivity contribution is 7.18. The van der Waals surface area contributed by atoms with Crippen LogP contribution in [0.4, 0.5) is 5.13 Å². The van der Waals surface area contributed by atoms with Crippen LogP contribution in [0.2, 0.25) is 5.15 Å². The Morgan fingerprint density at radius 2 is 2.44 bits per heavy atom. The van der Waals surface area contributed by atoms with Crippen molar-refractivity contribution in [3.8, 4) is 0 Å². The van der Waals surface area contributed by atoms with Crippen molar-refractivity contribution in [2.45, 2.75) is 6.42 Å². The first kappa shape index (κ1) is 13.3. The topological polar surface area (TPSA) is 51.2 Å². The Morgan fingerprint density at radius 3 is 3.11 bits per heavy atom. The van der Waals surface area contributed by atoms with E-state index in [1.807, 2.05) is 5.38 Å². The van der Waals surface area contributed by atoms with Crippen molar-refractivity contribution >= 4 is 45.4 Å². The minimum Gasteiger partial charge on any atom is -0.465 e. The molecule has 0 aromatic carbocycles. The number of rotatable bonds is 5. The van der Waals surface area contributed by atoms with E-state index in [1.165, 1.54) is 24.0 Å². The number of esters is 1. The Balaban J connectivity index is 1.92. The number of aromatic nitrogens is 1. The second-order valence-corrected chi connectivity index (χ2v) is 5.58. The number of nitrogens with zero attached hydrogens (tertiary/aromatic N) is 1. The summed E-state index contributed by atoms with van der Waals surface area (Å²) in [5.41, 5.74) is 1.28. The number of thiophene rings is 1. The molecule has 0 amide bonds. The van der Waals surface area contributed by atoms with Gasteiger partial charge in [-0.3, -0.25) is 0 Å². The number of carbonyl (C=O) groups is 1. The summed E-state index contributed by atoms with van der Waals surface area (Å²) < 4.78 is 4.61. The summed E-state index contributed by atoms with van der Waals surface area (Å²) >= 11 is 8.74. The molecule has 0 spiro atoms. The number of carbonyl (C=O) groups excluding carboxylic acids is 1. The van der Waals surface area contributed by atoms with E-state index in [1.54, 1.807) is 11.3 Å². The molecule has 2 rings (SSSR count). The van der Waals surface area contributed by atoms with Crippen LogP contribution < -0.4 is 5.32 Å². The monoisotopic (exact) mass is 302 g/mol. The fraction of sp³-hybridized carbons (Fsp3) is 0.273. The third-order valence-electron chi connectivity index (χ3n) is 2.23. The van der Waals surface area contributed by atoms with Crippen LogP contribution in [0, 0.1) is 0 Å². The lowest BCUT2D eigenvalue weighted by molar-refractivity contribution is 0.0606. The van der Waals surface area contributed by atoms with E-state index in [9.17, 15) is 4.79 Å². The molecule has 4 nitrogen and oxygen atoms in total. The minimum absolute atomic E-state index is 0.185. The lowest BCUT2D eigenvalue weighted by Gasteiger charge is -1.99. The third kappa shape index (κ3) is 3.22. The molecule has 0 aliphatic rings. The molecule has 0 radical (unpaired) electrons. The Bertz CT molecular complexity index is 525. The van der Waals surface area contributed by atoms with Gasteiger partial charge >= 0.3 is 5.97 Å². The molecule has 18 heavy (non-hydrogen) atoms. The van der Waals surface area contributed by atoms with E-state index >= 15 is 0 Å². The SMILES string of the molecule is COC(=O)c1sc(NCCc2ccsc2)nc1Cl. The fourth-order valence-electron chi connectivity index (χ4n) is 1.34. The summed E-state index contributed by atoms with van der Waals surface area (Å²) in [5.74, 6) is -0.455. The number of halogens is 1. The summed E-state index contributed by atoms with van der Waals surface area (Å²) in [6, 6.07) is 2.08. The predicted molar refractivity (Wildman–Crippen MR) is 75.0 cm³/mol. The highest BCUT2D eigenvalue weighted by Crippen LogP contribution is 2.27. The molecule has 2 heterocycles. The summed E-state index contributed by atoms with van der Waals surface area (Å²) in [5, 5.41) is 8.12. The molecule has 2 aromatic heterocycles. The second kappa shape index (κ2) is 6.17. The van der Waals surface area contributed by atoms with Gasteiger partial charge in [0.15, 0.2) is 15.2 Å². The molecular weight excluding hydrogens is 292 g/mol. The average Bonchev–Trinajstić information content (AvgIpc) is 2.98. The first-order valence-corrected chi connectivity index (χ1v) is 7.34. The molecule has 0 saturated heterocycles. The Hall–Kier alpha value is -1.11. The zero-order valence-electron chi connectivity index (χ0n) is 9.60. The van der Waals surface area contributed by atoms with Gasteiger partial charge in [-0.05, 0) is 28.8 Å². The quantitative estimate of drug-likeness (QED) is 0.861. The fourth-order valence-corrected chi connectivity index (χ4v) is 3.18. The van der Waals surface area contributed by atoms with E-state index in [4.69, 9.17) is 11.6 Å². The van der Waals surface area contributed by atoms with Gasteiger partial charge in [0.05, 0.1) is 7.11 Å². The smallest absolute Gasteiger partial charge is 0.351 e. The van der Waals surface area contributed by atoms with Crippen LogP contribution in [0.25, 0.3) is 0 Å². The molecule has 0 aliphatic heterocycles. The van der Waals surface area contributed by atoms with Crippen LogP contribution in [0.1, 0.15) is 15.2 Å². The van der Waals surface area contributed by atoms with Gasteiger partial charge in [0, 0.05) is 6.54 Å². The standard InChI is InChI=1S/C11H11ClN2O2S2/c1-16-10(15)8-9(12)14-11(18-8)13-4-2-7-3-5-17-6-7/h3,5-6H,2,4H2,1H3,(H,13,14). The largest absolute Gasteiger partial charge is 0.465 e. The molecule has 0 bridgehead atoms. The highest BCUT2D eigenvalue weighted by atomic mass is 35.5. The number of nitrogens with one attached hydrogen (secondary N) is 1. The normalized spacial score (nSPS) is 10.3. The van der Waals surface area contributed by atoms with Gasteiger partial charge in [-0.15, -0.1) is 0 Å². The Kier molecular flexibility index (Phi) is 4.57. The average molecular weight is 303 g/mol. The number of anilines is 1. The molecule has 96 valence electrons. The Labute approximate surface area is 118 Å². The summed E-state index contributed by atoms with van der Waals surface area (Å²) in [7, 11) is 1.32. The maximum absolute atomic E-state index is 11.3. The lowest BCUT2D eigenvalue weighted by Crippen LogP contribution is -2.03. The molecule has 0 aliphatic carbocycles. The van der Waals surface area contributed by atoms with Gasteiger partial charge in [-0.2, -0.15) is 11.3 Å². The van der Waals surface area contributed by atoms with Crippen molar-refractivity contribution in [3.05, 3.63) is 32.4 Å². The van der Waals surface area contributed by atoms with Gasteiger partial charge in [0.1, 0.15) is 0 Å². The van der Waals surface area contributed by atoms with E-state index in [0.29, 0.717) is 10.0 Å². The van der Waals surface area contributed by atoms with Crippen molar-refractivity contribution in [2.24, 2.45) is 0 Å². The van der Waals surface area contributed by atoms with Gasteiger partial charge in [0.25, 0.3) is 0 Å². The number of methoxy groups -OCH3 is 1. The van der Waals surface area contributed by atoms with Crippen LogP contribution in [0.15, 0.2) is 16.8 Å². The Morgan fingerprint density at radius 1 is 1.61 bits per heavy atom. The summed E-state index contributed by atoms with van der Waals surface area (Å²) in [6.07, 6.45) is 0.911. The maximum Gasteiger partial charge on any atom is 0.351 e. The first-order chi connectivity index (χ1) is 8.70. The van der Waals surface area contributed by atoms with Gasteiger partial charge in [-0.1, -0.05) is 22.9 Å². The molecule has 0 unspecified atom stereocenters. The van der Waals surface area contributed by atoms with E-state index in [-0.39, 0.29) is 5.15 Å². The van der Waals surface area contributed by atoms with Gasteiger partial charge in [-0.25, -0.2) is 9.78 Å². The second-order valence-electron chi connectivity index (χ2n) is 3.44. The van der Waals surface area contributed by atoms with Crippen LogP contribution in [-0.2, 0) is 11.2 Å². The van der Waals surface area contributed by atoms with Crippen LogP contribution in [0.3, 0.4) is 0 Å². The first-order valence-electron chi connectivity index (χ1n) is 5.20. The number of ether oxygens (including phenoxy) is 1. The zero-order valence-corrected chi connectivity index (χ0v) is 12.0. The van der Waals surface area contributed by atoms with E-state index in [2.05, 4.69) is 26.5 Å². The summed E-state index contributed by atoms with van der Waals surface area (Å²) in [6.45, 7) is 0.751. The highest BCUT2D eigenvalue weighted by Gasteiger charge is 2.16. The zero-order chi connectivity index (χ0) is 13.0. The minimum atomic E-state index is -0.455. The molecule has 0 atom stereocenters.